The van der Waals surface area contributed by atoms with Crippen molar-refractivity contribution in [2.45, 2.75) is 37.6 Å². The van der Waals surface area contributed by atoms with E-state index in [1.54, 1.807) is 4.90 Å². The minimum Gasteiger partial charge on any atom is -0.339 e. The first-order valence-corrected chi connectivity index (χ1v) is 7.25. The second-order valence-electron chi connectivity index (χ2n) is 5.21. The van der Waals surface area contributed by atoms with Gasteiger partial charge in [0.15, 0.2) is 0 Å². The van der Waals surface area contributed by atoms with Gasteiger partial charge in [-0.3, -0.25) is 9.69 Å². The monoisotopic (exact) mass is 305 g/mol. The summed E-state index contributed by atoms with van der Waals surface area (Å²) in [5, 5.41) is 9.52. The molecule has 4 nitrogen and oxygen atoms in total. The van der Waals surface area contributed by atoms with Crippen LogP contribution in [0.2, 0.25) is 0 Å². The van der Waals surface area contributed by atoms with E-state index in [0.717, 1.165) is 38.8 Å². The number of alkyl halides is 1. The van der Waals surface area contributed by atoms with E-state index < -0.39 is 0 Å². The van der Waals surface area contributed by atoms with Crippen LogP contribution in [0.4, 0.5) is 0 Å². The average molecular weight is 306 g/mol. The lowest BCUT2D eigenvalue weighted by atomic mass is 9.81. The van der Waals surface area contributed by atoms with Crippen LogP contribution in [0.25, 0.3) is 0 Å². The molecule has 0 spiro atoms. The summed E-state index contributed by atoms with van der Waals surface area (Å²) in [6.07, 6.45) is 5.50. The zero-order valence-corrected chi connectivity index (χ0v) is 12.7. The first kappa shape index (κ1) is 16.6. The minimum atomic E-state index is -0.269. The number of carbonyl (C=O) groups is 1. The van der Waals surface area contributed by atoms with E-state index in [2.05, 4.69) is 11.0 Å². The van der Waals surface area contributed by atoms with Crippen molar-refractivity contribution in [1.82, 2.24) is 9.80 Å². The summed E-state index contributed by atoms with van der Waals surface area (Å²) in [5.41, 5.74) is -0.269. The second-order valence-corrected chi connectivity index (χ2v) is 5.47. The first-order chi connectivity index (χ1) is 8.72. The summed E-state index contributed by atoms with van der Waals surface area (Å²) in [7, 11) is 0. The number of nitriles is 1. The molecule has 0 N–H and O–H groups in total. The average Bonchev–Trinajstić information content (AvgIpc) is 2.47. The Bertz CT molecular complexity index is 342. The van der Waals surface area contributed by atoms with E-state index in [1.807, 2.05) is 0 Å². The lowest BCUT2D eigenvalue weighted by molar-refractivity contribution is -0.131. The van der Waals surface area contributed by atoms with Crippen molar-refractivity contribution in [3.05, 3.63) is 0 Å². The minimum absolute atomic E-state index is 0. The zero-order valence-electron chi connectivity index (χ0n) is 11.1. The van der Waals surface area contributed by atoms with Crippen molar-refractivity contribution in [2.24, 2.45) is 0 Å². The van der Waals surface area contributed by atoms with Gasteiger partial charge in [-0.2, -0.15) is 5.26 Å². The van der Waals surface area contributed by atoms with Crippen molar-refractivity contribution < 1.29 is 4.79 Å². The molecule has 1 saturated heterocycles. The standard InChI is InChI=1S/C13H20ClN3O.ClH/c14-10-12(18)16-6-8-17(9-7-16)13(11-15)4-2-1-3-5-13;/h1-10H2;1H. The van der Waals surface area contributed by atoms with Crippen LogP contribution in [-0.2, 0) is 4.79 Å². The molecule has 0 aromatic rings. The van der Waals surface area contributed by atoms with Gasteiger partial charge in [-0.05, 0) is 12.8 Å². The van der Waals surface area contributed by atoms with E-state index >= 15 is 0 Å². The van der Waals surface area contributed by atoms with Crippen LogP contribution in [-0.4, -0.2) is 53.3 Å². The maximum Gasteiger partial charge on any atom is 0.237 e. The number of halogens is 2. The number of nitrogens with zero attached hydrogens (tertiary/aromatic N) is 3. The van der Waals surface area contributed by atoms with Gasteiger partial charge in [0.1, 0.15) is 11.4 Å². The Kier molecular flexibility index (Phi) is 6.38. The molecule has 1 aliphatic carbocycles. The molecule has 1 saturated carbocycles. The van der Waals surface area contributed by atoms with E-state index in [1.165, 1.54) is 6.42 Å². The highest BCUT2D eigenvalue weighted by Gasteiger charge is 2.39. The molecule has 0 aromatic heterocycles. The fraction of sp³-hybridized carbons (Fsp3) is 0.846. The van der Waals surface area contributed by atoms with Gasteiger partial charge in [0.2, 0.25) is 5.91 Å². The van der Waals surface area contributed by atoms with E-state index in [4.69, 9.17) is 11.6 Å². The first-order valence-electron chi connectivity index (χ1n) is 6.72. The molecule has 2 aliphatic rings. The van der Waals surface area contributed by atoms with Gasteiger partial charge in [-0.25, -0.2) is 0 Å². The lowest BCUT2D eigenvalue weighted by Gasteiger charge is -2.45. The van der Waals surface area contributed by atoms with Crippen LogP contribution < -0.4 is 0 Å². The third kappa shape index (κ3) is 3.53. The Morgan fingerprint density at radius 1 is 1.16 bits per heavy atom. The van der Waals surface area contributed by atoms with Crippen LogP contribution in [0.1, 0.15) is 32.1 Å². The van der Waals surface area contributed by atoms with Gasteiger partial charge in [0.05, 0.1) is 6.07 Å². The van der Waals surface area contributed by atoms with Crippen molar-refractivity contribution in [3.63, 3.8) is 0 Å². The molecule has 0 bridgehead atoms. The second kappa shape index (κ2) is 7.33. The Balaban J connectivity index is 0.00000180. The number of carbonyl (C=O) groups excluding carboxylic acids is 1. The number of hydrogen-bond donors (Lipinski definition) is 0. The van der Waals surface area contributed by atoms with Crippen molar-refractivity contribution in [1.29, 1.82) is 5.26 Å². The van der Waals surface area contributed by atoms with Gasteiger partial charge in [0, 0.05) is 26.2 Å². The molecule has 0 radical (unpaired) electrons. The van der Waals surface area contributed by atoms with E-state index in [0.29, 0.717) is 13.1 Å². The Morgan fingerprint density at radius 3 is 2.21 bits per heavy atom. The number of piperazine rings is 1. The zero-order chi connectivity index (χ0) is 13.0. The fourth-order valence-corrected chi connectivity index (χ4v) is 3.27. The number of amides is 1. The Hall–Kier alpha value is -0.500. The van der Waals surface area contributed by atoms with Crippen LogP contribution in [0.5, 0.6) is 0 Å². The maximum atomic E-state index is 11.5. The lowest BCUT2D eigenvalue weighted by Crippen LogP contribution is -2.58. The van der Waals surface area contributed by atoms with Crippen LogP contribution >= 0.6 is 24.0 Å². The Morgan fingerprint density at radius 2 is 1.74 bits per heavy atom. The molecule has 6 heteroatoms. The van der Waals surface area contributed by atoms with Gasteiger partial charge in [-0.15, -0.1) is 24.0 Å². The quantitative estimate of drug-likeness (QED) is 0.733. The highest BCUT2D eigenvalue weighted by atomic mass is 35.5. The van der Waals surface area contributed by atoms with Crippen molar-refractivity contribution in [3.8, 4) is 6.07 Å². The third-order valence-corrected chi connectivity index (χ3v) is 4.47. The SMILES string of the molecule is Cl.N#CC1(N2CCN(C(=O)CCl)CC2)CCCCC1. The molecule has 2 fully saturated rings. The van der Waals surface area contributed by atoms with Crippen LogP contribution in [0.15, 0.2) is 0 Å². The number of hydrogen-bond acceptors (Lipinski definition) is 3. The fourth-order valence-electron chi connectivity index (χ4n) is 3.10. The largest absolute Gasteiger partial charge is 0.339 e. The Labute approximate surface area is 126 Å². The maximum absolute atomic E-state index is 11.5. The highest BCUT2D eigenvalue weighted by Crippen LogP contribution is 2.33. The predicted octanol–water partition coefficient (Wildman–Crippen LogP) is 2.02. The molecule has 2 rings (SSSR count). The normalized spacial score (nSPS) is 23.3. The molecular formula is C13H21Cl2N3O. The molecule has 1 heterocycles. The summed E-state index contributed by atoms with van der Waals surface area (Å²) in [4.78, 5) is 15.6. The molecule has 0 unspecified atom stereocenters. The molecule has 19 heavy (non-hydrogen) atoms. The smallest absolute Gasteiger partial charge is 0.237 e. The van der Waals surface area contributed by atoms with Crippen molar-refractivity contribution in [2.75, 3.05) is 32.1 Å². The molecule has 1 amide bonds. The summed E-state index contributed by atoms with van der Waals surface area (Å²) >= 11 is 5.57. The summed E-state index contributed by atoms with van der Waals surface area (Å²) in [5.74, 6) is 0.0644. The molecular weight excluding hydrogens is 285 g/mol. The van der Waals surface area contributed by atoms with Gasteiger partial charge in [-0.1, -0.05) is 19.3 Å². The molecule has 0 atom stereocenters. The van der Waals surface area contributed by atoms with E-state index in [-0.39, 0.29) is 29.7 Å². The number of rotatable bonds is 2. The molecule has 1 aliphatic heterocycles. The third-order valence-electron chi connectivity index (χ3n) is 4.24. The summed E-state index contributed by atoms with van der Waals surface area (Å²) in [6, 6.07) is 2.54. The molecule has 108 valence electrons. The van der Waals surface area contributed by atoms with Crippen molar-refractivity contribution >= 4 is 29.9 Å². The van der Waals surface area contributed by atoms with Gasteiger partial charge in [0.25, 0.3) is 0 Å². The summed E-state index contributed by atoms with van der Waals surface area (Å²) < 4.78 is 0. The van der Waals surface area contributed by atoms with Crippen LogP contribution in [0, 0.1) is 11.3 Å². The van der Waals surface area contributed by atoms with Gasteiger partial charge >= 0.3 is 0 Å². The molecule has 0 aromatic carbocycles. The van der Waals surface area contributed by atoms with Crippen LogP contribution in [0.3, 0.4) is 0 Å². The topological polar surface area (TPSA) is 47.3 Å². The highest BCUT2D eigenvalue weighted by molar-refractivity contribution is 6.27. The van der Waals surface area contributed by atoms with Gasteiger partial charge < -0.3 is 4.90 Å². The summed E-state index contributed by atoms with van der Waals surface area (Å²) in [6.45, 7) is 3.01. The predicted molar refractivity (Wildman–Crippen MR) is 77.6 cm³/mol. The van der Waals surface area contributed by atoms with E-state index in [9.17, 15) is 10.1 Å².